The maximum Gasteiger partial charge on any atom is 0.219 e. The molecule has 1 aliphatic heterocycles. The summed E-state index contributed by atoms with van der Waals surface area (Å²) < 4.78 is 7.45. The predicted octanol–water partition coefficient (Wildman–Crippen LogP) is 0.722. The molecule has 9 heteroatoms. The Morgan fingerprint density at radius 1 is 1.12 bits per heavy atom. The van der Waals surface area contributed by atoms with Crippen LogP contribution in [0.2, 0.25) is 0 Å². The molecular weight excluding hydrogens is 308 g/mol. The van der Waals surface area contributed by atoms with Crippen molar-refractivity contribution in [1.82, 2.24) is 29.5 Å². The monoisotopic (exact) mass is 326 g/mol. The smallest absolute Gasteiger partial charge is 0.219 e. The molecule has 4 rings (SSSR count). The van der Waals surface area contributed by atoms with Gasteiger partial charge in [0.1, 0.15) is 0 Å². The number of nitrogens with zero attached hydrogens (tertiary/aromatic N) is 7. The Hall–Kier alpha value is -2.81. The standard InChI is InChI=1S/C15H18N8O/c1-2-22-9-19-11-13(22)20-12(10-7-17-15(16)18-8-10)21-14(11)23-3-5-24-6-4-23/h7-9H,2-6H2,1H3,(H2,16,17,18). The average Bonchev–Trinajstić information content (AvgIpc) is 3.05. The van der Waals surface area contributed by atoms with Gasteiger partial charge in [0, 0.05) is 32.0 Å². The summed E-state index contributed by atoms with van der Waals surface area (Å²) >= 11 is 0. The zero-order valence-electron chi connectivity index (χ0n) is 13.4. The molecule has 0 saturated carbocycles. The Bertz CT molecular complexity index is 854. The van der Waals surface area contributed by atoms with E-state index in [9.17, 15) is 0 Å². The molecule has 1 aliphatic rings. The Balaban J connectivity index is 1.89. The molecule has 1 fully saturated rings. The van der Waals surface area contributed by atoms with Gasteiger partial charge in [0.15, 0.2) is 22.8 Å². The van der Waals surface area contributed by atoms with Crippen LogP contribution in [0.1, 0.15) is 6.92 Å². The van der Waals surface area contributed by atoms with Gasteiger partial charge in [-0.1, -0.05) is 0 Å². The summed E-state index contributed by atoms with van der Waals surface area (Å²) in [7, 11) is 0. The molecule has 4 heterocycles. The van der Waals surface area contributed by atoms with E-state index in [1.165, 1.54) is 0 Å². The van der Waals surface area contributed by atoms with Gasteiger partial charge in [-0.25, -0.2) is 24.9 Å². The van der Waals surface area contributed by atoms with Crippen LogP contribution in [0.5, 0.6) is 0 Å². The fourth-order valence-electron chi connectivity index (χ4n) is 2.74. The van der Waals surface area contributed by atoms with Gasteiger partial charge in [-0.3, -0.25) is 0 Å². The van der Waals surface area contributed by atoms with E-state index in [0.29, 0.717) is 19.0 Å². The molecule has 0 radical (unpaired) electrons. The highest BCUT2D eigenvalue weighted by Gasteiger charge is 2.21. The number of nitrogen functional groups attached to an aromatic ring is 1. The van der Waals surface area contributed by atoms with Gasteiger partial charge in [-0.15, -0.1) is 0 Å². The molecule has 0 amide bonds. The minimum Gasteiger partial charge on any atom is -0.378 e. The first-order chi connectivity index (χ1) is 11.8. The number of aromatic nitrogens is 6. The minimum atomic E-state index is 0.229. The number of imidazole rings is 1. The maximum absolute atomic E-state index is 5.57. The molecule has 2 N–H and O–H groups in total. The first kappa shape index (κ1) is 14.8. The molecule has 3 aromatic rings. The number of nitrogens with two attached hydrogens (primary N) is 1. The van der Waals surface area contributed by atoms with Crippen molar-refractivity contribution in [2.45, 2.75) is 13.5 Å². The van der Waals surface area contributed by atoms with Crippen LogP contribution in [-0.4, -0.2) is 55.8 Å². The zero-order valence-corrected chi connectivity index (χ0v) is 13.4. The lowest BCUT2D eigenvalue weighted by molar-refractivity contribution is 0.122. The van der Waals surface area contributed by atoms with Gasteiger partial charge in [-0.05, 0) is 6.92 Å². The number of fused-ring (bicyclic) bond motifs is 1. The molecule has 1 saturated heterocycles. The molecule has 124 valence electrons. The van der Waals surface area contributed by atoms with Gasteiger partial charge < -0.3 is 19.9 Å². The van der Waals surface area contributed by atoms with Crippen LogP contribution in [0.15, 0.2) is 18.7 Å². The van der Waals surface area contributed by atoms with E-state index in [1.807, 2.05) is 4.57 Å². The largest absolute Gasteiger partial charge is 0.378 e. The highest BCUT2D eigenvalue weighted by Crippen LogP contribution is 2.27. The summed E-state index contributed by atoms with van der Waals surface area (Å²) in [5.74, 6) is 1.62. The summed E-state index contributed by atoms with van der Waals surface area (Å²) in [6.45, 7) is 5.77. The molecule has 0 spiro atoms. The molecule has 9 nitrogen and oxygen atoms in total. The third kappa shape index (κ3) is 2.52. The number of rotatable bonds is 3. The normalized spacial score (nSPS) is 15.1. The van der Waals surface area contributed by atoms with E-state index in [0.717, 1.165) is 42.2 Å². The molecule has 0 unspecified atom stereocenters. The minimum absolute atomic E-state index is 0.229. The van der Waals surface area contributed by atoms with Crippen LogP contribution >= 0.6 is 0 Å². The van der Waals surface area contributed by atoms with E-state index in [4.69, 9.17) is 15.5 Å². The first-order valence-electron chi connectivity index (χ1n) is 7.89. The van der Waals surface area contributed by atoms with Crippen molar-refractivity contribution in [2.24, 2.45) is 0 Å². The highest BCUT2D eigenvalue weighted by molar-refractivity contribution is 5.85. The van der Waals surface area contributed by atoms with Crippen molar-refractivity contribution in [3.05, 3.63) is 18.7 Å². The van der Waals surface area contributed by atoms with Crippen molar-refractivity contribution in [2.75, 3.05) is 36.9 Å². The SMILES string of the molecule is CCn1cnc2c(N3CCOCC3)nc(-c3cnc(N)nc3)nc21. The molecule has 0 aliphatic carbocycles. The molecular formula is C15H18N8O. The summed E-state index contributed by atoms with van der Waals surface area (Å²) in [5, 5.41) is 0. The van der Waals surface area contributed by atoms with Crippen LogP contribution in [0, 0.1) is 0 Å². The van der Waals surface area contributed by atoms with Gasteiger partial charge in [0.2, 0.25) is 5.95 Å². The van der Waals surface area contributed by atoms with Crippen molar-refractivity contribution in [1.29, 1.82) is 0 Å². The van der Waals surface area contributed by atoms with Gasteiger partial charge in [0.05, 0.1) is 25.1 Å². The summed E-state index contributed by atoms with van der Waals surface area (Å²) in [4.78, 5) is 24.2. The summed E-state index contributed by atoms with van der Waals surface area (Å²) in [6, 6.07) is 0. The maximum atomic E-state index is 5.57. The summed E-state index contributed by atoms with van der Waals surface area (Å²) in [6.07, 6.45) is 5.07. The average molecular weight is 326 g/mol. The van der Waals surface area contributed by atoms with E-state index in [2.05, 4.69) is 31.8 Å². The fraction of sp³-hybridized carbons (Fsp3) is 0.400. The van der Waals surface area contributed by atoms with Gasteiger partial charge in [0.25, 0.3) is 0 Å². The Kier molecular flexibility index (Phi) is 3.69. The Labute approximate surface area is 138 Å². The van der Waals surface area contributed by atoms with Crippen molar-refractivity contribution < 1.29 is 4.74 Å². The molecule has 24 heavy (non-hydrogen) atoms. The van der Waals surface area contributed by atoms with E-state index in [1.54, 1.807) is 18.7 Å². The lowest BCUT2D eigenvalue weighted by atomic mass is 10.3. The fourth-order valence-corrected chi connectivity index (χ4v) is 2.74. The number of hydrogen-bond acceptors (Lipinski definition) is 8. The number of morpholine rings is 1. The Morgan fingerprint density at radius 3 is 2.58 bits per heavy atom. The van der Waals surface area contributed by atoms with Crippen molar-refractivity contribution in [3.63, 3.8) is 0 Å². The summed E-state index contributed by atoms with van der Waals surface area (Å²) in [5.41, 5.74) is 7.91. The van der Waals surface area contributed by atoms with Crippen molar-refractivity contribution in [3.8, 4) is 11.4 Å². The predicted molar refractivity (Wildman–Crippen MR) is 89.5 cm³/mol. The van der Waals surface area contributed by atoms with E-state index >= 15 is 0 Å². The highest BCUT2D eigenvalue weighted by atomic mass is 16.5. The van der Waals surface area contributed by atoms with Crippen LogP contribution in [-0.2, 0) is 11.3 Å². The molecule has 3 aromatic heterocycles. The zero-order chi connectivity index (χ0) is 16.5. The molecule has 0 atom stereocenters. The molecule has 0 bridgehead atoms. The first-order valence-corrected chi connectivity index (χ1v) is 7.89. The van der Waals surface area contributed by atoms with E-state index < -0.39 is 0 Å². The lowest BCUT2D eigenvalue weighted by Crippen LogP contribution is -2.37. The van der Waals surface area contributed by atoms with Crippen molar-refractivity contribution >= 4 is 22.9 Å². The lowest BCUT2D eigenvalue weighted by Gasteiger charge is -2.28. The second-order valence-electron chi connectivity index (χ2n) is 5.50. The second-order valence-corrected chi connectivity index (χ2v) is 5.50. The third-order valence-electron chi connectivity index (χ3n) is 4.03. The second kappa shape index (κ2) is 6.00. The van der Waals surface area contributed by atoms with Crippen LogP contribution < -0.4 is 10.6 Å². The number of hydrogen-bond donors (Lipinski definition) is 1. The topological polar surface area (TPSA) is 108 Å². The molecule has 0 aromatic carbocycles. The quantitative estimate of drug-likeness (QED) is 0.750. The number of aryl methyl sites for hydroxylation is 1. The number of anilines is 2. The van der Waals surface area contributed by atoms with Crippen LogP contribution in [0.25, 0.3) is 22.6 Å². The van der Waals surface area contributed by atoms with Gasteiger partial charge >= 0.3 is 0 Å². The van der Waals surface area contributed by atoms with Gasteiger partial charge in [-0.2, -0.15) is 0 Å². The van der Waals surface area contributed by atoms with Crippen LogP contribution in [0.4, 0.5) is 11.8 Å². The van der Waals surface area contributed by atoms with Crippen LogP contribution in [0.3, 0.4) is 0 Å². The number of ether oxygens (including phenoxy) is 1. The van der Waals surface area contributed by atoms with E-state index in [-0.39, 0.29) is 5.95 Å². The Morgan fingerprint density at radius 2 is 1.88 bits per heavy atom. The third-order valence-corrected chi connectivity index (χ3v) is 4.03.